The Hall–Kier alpha value is -2.58. The van der Waals surface area contributed by atoms with Crippen LogP contribution < -0.4 is 4.74 Å². The molecule has 6 nitrogen and oxygen atoms in total. The zero-order valence-corrected chi connectivity index (χ0v) is 20.0. The SMILES string of the molecule is COc1ccc(Cl)cc1-c1nc(SCC(=O)N(Cc2ccc(F)cc2)C2CCCCC2)n[nH]1. The van der Waals surface area contributed by atoms with Gasteiger partial charge in [-0.15, -0.1) is 5.10 Å². The van der Waals surface area contributed by atoms with E-state index in [1.165, 1.54) is 30.3 Å². The molecule has 1 aliphatic rings. The first-order valence-corrected chi connectivity index (χ1v) is 12.3. The fraction of sp³-hybridized carbons (Fsp3) is 0.375. The maximum atomic E-state index is 13.3. The van der Waals surface area contributed by atoms with Gasteiger partial charge in [-0.2, -0.15) is 0 Å². The Morgan fingerprint density at radius 1 is 1.21 bits per heavy atom. The van der Waals surface area contributed by atoms with Gasteiger partial charge in [-0.05, 0) is 48.7 Å². The van der Waals surface area contributed by atoms with Crippen molar-refractivity contribution in [2.45, 2.75) is 49.8 Å². The van der Waals surface area contributed by atoms with Crippen LogP contribution in [0, 0.1) is 5.82 Å². The largest absolute Gasteiger partial charge is 0.496 e. The lowest BCUT2D eigenvalue weighted by molar-refractivity contribution is -0.132. The van der Waals surface area contributed by atoms with E-state index in [-0.39, 0.29) is 23.5 Å². The molecule has 0 radical (unpaired) electrons. The maximum absolute atomic E-state index is 13.3. The molecule has 0 atom stereocenters. The lowest BCUT2D eigenvalue weighted by atomic mass is 9.94. The van der Waals surface area contributed by atoms with Crippen molar-refractivity contribution in [1.29, 1.82) is 0 Å². The van der Waals surface area contributed by atoms with Gasteiger partial charge in [0.1, 0.15) is 11.6 Å². The average molecular weight is 489 g/mol. The third-order valence-corrected chi connectivity index (χ3v) is 6.88. The van der Waals surface area contributed by atoms with Crippen LogP contribution in [-0.2, 0) is 11.3 Å². The number of benzene rings is 2. The number of hydrogen-bond acceptors (Lipinski definition) is 5. The van der Waals surface area contributed by atoms with E-state index in [1.54, 1.807) is 37.4 Å². The molecule has 4 rings (SSSR count). The van der Waals surface area contributed by atoms with Gasteiger partial charge in [-0.25, -0.2) is 9.37 Å². The van der Waals surface area contributed by atoms with Crippen LogP contribution in [0.15, 0.2) is 47.6 Å². The van der Waals surface area contributed by atoms with Crippen molar-refractivity contribution in [1.82, 2.24) is 20.1 Å². The molecule has 1 saturated carbocycles. The minimum atomic E-state index is -0.276. The maximum Gasteiger partial charge on any atom is 0.233 e. The molecular weight excluding hydrogens is 463 g/mol. The van der Waals surface area contributed by atoms with Crippen molar-refractivity contribution >= 4 is 29.3 Å². The van der Waals surface area contributed by atoms with E-state index in [0.29, 0.717) is 33.9 Å². The molecular formula is C24H26ClFN4O2S. The van der Waals surface area contributed by atoms with Crippen LogP contribution >= 0.6 is 23.4 Å². The fourth-order valence-corrected chi connectivity index (χ4v) is 4.96. The molecule has 33 heavy (non-hydrogen) atoms. The first kappa shape index (κ1) is 23.6. The first-order valence-electron chi connectivity index (χ1n) is 11.0. The van der Waals surface area contributed by atoms with Gasteiger partial charge in [0.15, 0.2) is 5.82 Å². The van der Waals surface area contributed by atoms with Crippen LogP contribution in [0.3, 0.4) is 0 Å². The van der Waals surface area contributed by atoms with Gasteiger partial charge in [0.05, 0.1) is 18.4 Å². The van der Waals surface area contributed by atoms with Gasteiger partial charge in [0.25, 0.3) is 0 Å². The summed E-state index contributed by atoms with van der Waals surface area (Å²) in [6, 6.07) is 11.8. The van der Waals surface area contributed by atoms with Crippen molar-refractivity contribution in [2.75, 3.05) is 12.9 Å². The quantitative estimate of drug-likeness (QED) is 0.410. The number of rotatable bonds is 8. The number of aromatic amines is 1. The van der Waals surface area contributed by atoms with Crippen LogP contribution in [0.4, 0.5) is 4.39 Å². The standard InChI is InChI=1S/C24H26ClFN4O2S/c1-32-21-12-9-17(25)13-20(21)23-27-24(29-28-23)33-15-22(31)30(19-5-3-2-4-6-19)14-16-7-10-18(26)11-8-16/h7-13,19H,2-6,14-15H2,1H3,(H,27,28,29). The molecule has 1 N–H and O–H groups in total. The Bertz CT molecular complexity index is 1090. The fourth-order valence-electron chi connectivity index (χ4n) is 4.11. The molecule has 0 aliphatic heterocycles. The summed E-state index contributed by atoms with van der Waals surface area (Å²) < 4.78 is 18.7. The Balaban J connectivity index is 1.45. The van der Waals surface area contributed by atoms with Gasteiger partial charge in [0, 0.05) is 17.6 Å². The summed E-state index contributed by atoms with van der Waals surface area (Å²) in [6.45, 7) is 0.475. The molecule has 0 saturated heterocycles. The topological polar surface area (TPSA) is 71.1 Å². The molecule has 2 aromatic carbocycles. The lowest BCUT2D eigenvalue weighted by Gasteiger charge is -2.34. The summed E-state index contributed by atoms with van der Waals surface area (Å²) in [5.74, 6) is 1.14. The monoisotopic (exact) mass is 488 g/mol. The number of hydrogen-bond donors (Lipinski definition) is 1. The Morgan fingerprint density at radius 3 is 2.70 bits per heavy atom. The number of nitrogens with zero attached hydrogens (tertiary/aromatic N) is 3. The van der Waals surface area contributed by atoms with E-state index in [1.807, 2.05) is 4.90 Å². The summed E-state index contributed by atoms with van der Waals surface area (Å²) >= 11 is 7.41. The second kappa shape index (κ2) is 11.0. The number of carbonyl (C=O) groups excluding carboxylic acids is 1. The lowest BCUT2D eigenvalue weighted by Crippen LogP contribution is -2.41. The molecule has 3 aromatic rings. The molecule has 0 spiro atoms. The van der Waals surface area contributed by atoms with Gasteiger partial charge < -0.3 is 9.64 Å². The van der Waals surface area contributed by atoms with Crippen LogP contribution in [0.1, 0.15) is 37.7 Å². The minimum Gasteiger partial charge on any atom is -0.496 e. The summed E-state index contributed by atoms with van der Waals surface area (Å²) in [7, 11) is 1.58. The Labute approximate surface area is 201 Å². The van der Waals surface area contributed by atoms with Crippen LogP contribution in [0.2, 0.25) is 5.02 Å². The van der Waals surface area contributed by atoms with E-state index in [0.717, 1.165) is 31.2 Å². The molecule has 1 aromatic heterocycles. The van der Waals surface area contributed by atoms with Gasteiger partial charge in [-0.3, -0.25) is 9.89 Å². The number of ether oxygens (including phenoxy) is 1. The van der Waals surface area contributed by atoms with Crippen LogP contribution in [0.5, 0.6) is 5.75 Å². The van der Waals surface area contributed by atoms with Crippen molar-refractivity contribution in [2.24, 2.45) is 0 Å². The average Bonchev–Trinajstić information content (AvgIpc) is 3.31. The molecule has 0 unspecified atom stereocenters. The van der Waals surface area contributed by atoms with Crippen molar-refractivity contribution in [3.05, 3.63) is 58.9 Å². The molecule has 9 heteroatoms. The Kier molecular flexibility index (Phi) is 7.88. The smallest absolute Gasteiger partial charge is 0.233 e. The van der Waals surface area contributed by atoms with E-state index >= 15 is 0 Å². The van der Waals surface area contributed by atoms with Crippen LogP contribution in [-0.4, -0.2) is 44.9 Å². The van der Waals surface area contributed by atoms with Gasteiger partial charge in [0.2, 0.25) is 11.1 Å². The number of nitrogens with one attached hydrogen (secondary N) is 1. The van der Waals surface area contributed by atoms with Crippen LogP contribution in [0.25, 0.3) is 11.4 Å². The number of amides is 1. The highest BCUT2D eigenvalue weighted by Gasteiger charge is 2.26. The highest BCUT2D eigenvalue weighted by molar-refractivity contribution is 7.99. The number of halogens is 2. The van der Waals surface area contributed by atoms with E-state index in [9.17, 15) is 9.18 Å². The number of methoxy groups -OCH3 is 1. The third kappa shape index (κ3) is 6.06. The molecule has 1 fully saturated rings. The van der Waals surface area contributed by atoms with E-state index in [2.05, 4.69) is 15.2 Å². The van der Waals surface area contributed by atoms with Gasteiger partial charge in [-0.1, -0.05) is 54.8 Å². The third-order valence-electron chi connectivity index (χ3n) is 5.81. The first-order chi connectivity index (χ1) is 16.0. The zero-order chi connectivity index (χ0) is 23.2. The molecule has 0 bridgehead atoms. The Morgan fingerprint density at radius 2 is 1.97 bits per heavy atom. The van der Waals surface area contributed by atoms with E-state index < -0.39 is 0 Å². The molecule has 1 heterocycles. The minimum absolute atomic E-state index is 0.0305. The molecule has 1 aliphatic carbocycles. The highest BCUT2D eigenvalue weighted by Crippen LogP contribution is 2.31. The summed E-state index contributed by atoms with van der Waals surface area (Å²) in [4.78, 5) is 19.7. The number of thioether (sulfide) groups is 1. The van der Waals surface area contributed by atoms with E-state index in [4.69, 9.17) is 16.3 Å². The second-order valence-corrected chi connectivity index (χ2v) is 9.42. The highest BCUT2D eigenvalue weighted by atomic mass is 35.5. The summed E-state index contributed by atoms with van der Waals surface area (Å²) in [5, 5.41) is 8.20. The summed E-state index contributed by atoms with van der Waals surface area (Å²) in [5.41, 5.74) is 1.63. The van der Waals surface area contributed by atoms with Crippen molar-refractivity contribution in [3.63, 3.8) is 0 Å². The second-order valence-electron chi connectivity index (χ2n) is 8.04. The van der Waals surface area contributed by atoms with Crippen molar-refractivity contribution in [3.8, 4) is 17.1 Å². The van der Waals surface area contributed by atoms with Gasteiger partial charge >= 0.3 is 0 Å². The normalized spacial score (nSPS) is 14.3. The number of H-pyrrole nitrogens is 1. The predicted octanol–water partition coefficient (Wildman–Crippen LogP) is 5.73. The summed E-state index contributed by atoms with van der Waals surface area (Å²) in [6.07, 6.45) is 5.44. The van der Waals surface area contributed by atoms with Crippen molar-refractivity contribution < 1.29 is 13.9 Å². The molecule has 1 amide bonds. The zero-order valence-electron chi connectivity index (χ0n) is 18.4. The number of carbonyl (C=O) groups is 1. The molecule has 174 valence electrons. The predicted molar refractivity (Wildman–Crippen MR) is 128 cm³/mol. The number of aromatic nitrogens is 3.